The molecule has 1 aliphatic carbocycles. The zero-order valence-corrected chi connectivity index (χ0v) is 24.8. The number of piperazine rings is 1. The van der Waals surface area contributed by atoms with E-state index in [0.29, 0.717) is 11.8 Å². The molecule has 8 nitrogen and oxygen atoms in total. The third-order valence-corrected chi connectivity index (χ3v) is 10.1. The van der Waals surface area contributed by atoms with E-state index in [-0.39, 0.29) is 24.2 Å². The van der Waals surface area contributed by atoms with Crippen molar-refractivity contribution < 1.29 is 14.6 Å². The van der Waals surface area contributed by atoms with Gasteiger partial charge in [0.1, 0.15) is 0 Å². The average Bonchev–Trinajstić information content (AvgIpc) is 3.45. The zero-order valence-electron chi connectivity index (χ0n) is 24.8. The molecule has 0 bridgehead atoms. The Balaban J connectivity index is 1.15. The zero-order chi connectivity index (χ0) is 28.6. The first-order chi connectivity index (χ1) is 19.9. The maximum atomic E-state index is 12.8. The first kappa shape index (κ1) is 28.2. The van der Waals surface area contributed by atoms with E-state index in [9.17, 15) is 9.90 Å². The van der Waals surface area contributed by atoms with Crippen LogP contribution in [0.5, 0.6) is 0 Å². The van der Waals surface area contributed by atoms with Crippen LogP contribution in [0, 0.1) is 11.8 Å². The number of aliphatic hydroxyl groups excluding tert-OH is 1. The summed E-state index contributed by atoms with van der Waals surface area (Å²) >= 11 is 0. The smallest absolute Gasteiger partial charge is 0.225 e. The van der Waals surface area contributed by atoms with Crippen LogP contribution in [0.15, 0.2) is 48.8 Å². The molecule has 3 aromatic rings. The summed E-state index contributed by atoms with van der Waals surface area (Å²) in [6, 6.07) is 13.4. The molecule has 0 unspecified atom stereocenters. The highest BCUT2D eigenvalue weighted by atomic mass is 16.5. The van der Waals surface area contributed by atoms with Crippen molar-refractivity contribution in [2.45, 2.75) is 57.6 Å². The van der Waals surface area contributed by atoms with Crippen molar-refractivity contribution in [3.05, 3.63) is 54.4 Å². The molecule has 1 atom stereocenters. The van der Waals surface area contributed by atoms with Gasteiger partial charge in [-0.05, 0) is 61.3 Å². The number of nitrogens with zero attached hydrogens (tertiary/aromatic N) is 5. The number of fused-ring (bicyclic) bond motifs is 1. The van der Waals surface area contributed by atoms with E-state index in [0.717, 1.165) is 88.0 Å². The van der Waals surface area contributed by atoms with E-state index in [1.807, 2.05) is 17.8 Å². The fourth-order valence-corrected chi connectivity index (χ4v) is 7.29. The number of likely N-dealkylation sites (tertiary alicyclic amines) is 1. The number of anilines is 1. The van der Waals surface area contributed by atoms with E-state index in [1.54, 1.807) is 0 Å². The predicted octanol–water partition coefficient (Wildman–Crippen LogP) is 4.40. The molecule has 0 spiro atoms. The SMILES string of the molecule is CC[C@H](CO)N1CCC(OC)(c2ccc(-c3cc4c(N5CCN(C(=O)[C@H]6C[C@H](C)C6)CC5)ccnn4c3)cc2)CC1. The number of benzene rings is 1. The number of hydrogen-bond donors (Lipinski definition) is 1. The fraction of sp³-hybridized carbons (Fsp3) is 0.576. The van der Waals surface area contributed by atoms with Gasteiger partial charge in [0.2, 0.25) is 5.91 Å². The molecule has 1 amide bonds. The molecule has 1 N–H and O–H groups in total. The summed E-state index contributed by atoms with van der Waals surface area (Å²) < 4.78 is 8.13. The van der Waals surface area contributed by atoms with Gasteiger partial charge in [0.15, 0.2) is 0 Å². The fourth-order valence-electron chi connectivity index (χ4n) is 7.29. The highest BCUT2D eigenvalue weighted by Gasteiger charge is 2.38. The predicted molar refractivity (Wildman–Crippen MR) is 162 cm³/mol. The second kappa shape index (κ2) is 11.7. The van der Waals surface area contributed by atoms with Crippen molar-refractivity contribution >= 4 is 17.1 Å². The van der Waals surface area contributed by atoms with Crippen LogP contribution in [0.25, 0.3) is 16.6 Å². The summed E-state index contributed by atoms with van der Waals surface area (Å²) in [4.78, 5) is 19.7. The van der Waals surface area contributed by atoms with Crippen molar-refractivity contribution in [2.75, 3.05) is 57.9 Å². The second-order valence-electron chi connectivity index (χ2n) is 12.4. The largest absolute Gasteiger partial charge is 0.395 e. The molecule has 3 aliphatic rings. The van der Waals surface area contributed by atoms with Gasteiger partial charge in [0.05, 0.1) is 23.4 Å². The van der Waals surface area contributed by atoms with Crippen molar-refractivity contribution in [2.24, 2.45) is 11.8 Å². The number of piperidine rings is 1. The van der Waals surface area contributed by atoms with Gasteiger partial charge in [-0.15, -0.1) is 0 Å². The second-order valence-corrected chi connectivity index (χ2v) is 12.4. The standard InChI is InChI=1S/C33H45N5O3/c1-4-29(23-39)35-13-10-33(41-3,11-14-35)28-7-5-25(6-8-28)27-21-31-30(9-12-34-38(31)22-27)36-15-17-37(18-16-36)32(40)26-19-24(2)20-26/h5-9,12,21-22,24,26,29,39H,4,10-11,13-20,23H2,1-3H3/t24-,26-,29-/m1/s1. The maximum absolute atomic E-state index is 12.8. The van der Waals surface area contributed by atoms with Crippen molar-refractivity contribution in [1.29, 1.82) is 0 Å². The van der Waals surface area contributed by atoms with Crippen LogP contribution in [0.3, 0.4) is 0 Å². The number of methoxy groups -OCH3 is 1. The van der Waals surface area contributed by atoms with Crippen molar-refractivity contribution in [1.82, 2.24) is 19.4 Å². The molecule has 2 aromatic heterocycles. The van der Waals surface area contributed by atoms with Gasteiger partial charge >= 0.3 is 0 Å². The van der Waals surface area contributed by atoms with Crippen LogP contribution in [0.1, 0.15) is 51.5 Å². The lowest BCUT2D eigenvalue weighted by molar-refractivity contribution is -0.140. The van der Waals surface area contributed by atoms with Gasteiger partial charge in [-0.1, -0.05) is 38.1 Å². The number of amides is 1. The third-order valence-electron chi connectivity index (χ3n) is 10.1. The van der Waals surface area contributed by atoms with Gasteiger partial charge in [-0.2, -0.15) is 5.10 Å². The number of rotatable bonds is 8. The van der Waals surface area contributed by atoms with Gasteiger partial charge in [0.25, 0.3) is 0 Å². The highest BCUT2D eigenvalue weighted by molar-refractivity contribution is 5.82. The highest BCUT2D eigenvalue weighted by Crippen LogP contribution is 2.39. The number of aliphatic hydroxyl groups is 1. The van der Waals surface area contributed by atoms with Crippen LogP contribution in [-0.4, -0.2) is 89.5 Å². The molecule has 0 radical (unpaired) electrons. The van der Waals surface area contributed by atoms with Gasteiger partial charge in [-0.25, -0.2) is 4.52 Å². The van der Waals surface area contributed by atoms with Crippen molar-refractivity contribution in [3.63, 3.8) is 0 Å². The maximum Gasteiger partial charge on any atom is 0.225 e. The summed E-state index contributed by atoms with van der Waals surface area (Å²) in [5, 5.41) is 14.3. The van der Waals surface area contributed by atoms with Gasteiger partial charge in [-0.3, -0.25) is 9.69 Å². The molecular weight excluding hydrogens is 514 g/mol. The first-order valence-electron chi connectivity index (χ1n) is 15.5. The summed E-state index contributed by atoms with van der Waals surface area (Å²) in [6.07, 6.45) is 8.87. The Kier molecular flexibility index (Phi) is 8.07. The van der Waals surface area contributed by atoms with E-state index in [1.165, 1.54) is 11.3 Å². The van der Waals surface area contributed by atoms with E-state index in [2.05, 4.69) is 76.2 Å². The Morgan fingerprint density at radius 1 is 1.05 bits per heavy atom. The molecule has 41 heavy (non-hydrogen) atoms. The average molecular weight is 560 g/mol. The normalized spacial score (nSPS) is 23.9. The molecule has 2 saturated heterocycles. The Hall–Kier alpha value is -2.94. The Morgan fingerprint density at radius 2 is 1.76 bits per heavy atom. The van der Waals surface area contributed by atoms with Crippen LogP contribution >= 0.6 is 0 Å². The number of aromatic nitrogens is 2. The number of carbonyl (C=O) groups is 1. The minimum absolute atomic E-state index is 0.212. The summed E-state index contributed by atoms with van der Waals surface area (Å²) in [5.41, 5.74) is 5.49. The molecule has 4 heterocycles. The van der Waals surface area contributed by atoms with Crippen LogP contribution in [-0.2, 0) is 15.1 Å². The first-order valence-corrected chi connectivity index (χ1v) is 15.5. The topological polar surface area (TPSA) is 73.6 Å². The molecular formula is C33H45N5O3. The lowest BCUT2D eigenvalue weighted by Gasteiger charge is -2.43. The monoisotopic (exact) mass is 559 g/mol. The quantitative estimate of drug-likeness (QED) is 0.441. The Bertz CT molecular complexity index is 1330. The number of carbonyl (C=O) groups excluding carboxylic acids is 1. The van der Waals surface area contributed by atoms with Crippen LogP contribution < -0.4 is 4.90 Å². The lowest BCUT2D eigenvalue weighted by atomic mass is 9.75. The molecule has 1 saturated carbocycles. The molecule has 220 valence electrons. The summed E-state index contributed by atoms with van der Waals surface area (Å²) in [6.45, 7) is 9.69. The minimum Gasteiger partial charge on any atom is -0.395 e. The van der Waals surface area contributed by atoms with Crippen LogP contribution in [0.2, 0.25) is 0 Å². The molecule has 3 fully saturated rings. The lowest BCUT2D eigenvalue weighted by Crippen LogP contribution is -2.52. The Labute approximate surface area is 243 Å². The van der Waals surface area contributed by atoms with Crippen molar-refractivity contribution in [3.8, 4) is 11.1 Å². The number of hydrogen-bond acceptors (Lipinski definition) is 6. The molecule has 2 aliphatic heterocycles. The summed E-state index contributed by atoms with van der Waals surface area (Å²) in [7, 11) is 1.82. The van der Waals surface area contributed by atoms with E-state index in [4.69, 9.17) is 4.74 Å². The summed E-state index contributed by atoms with van der Waals surface area (Å²) in [5.74, 6) is 1.29. The molecule has 6 rings (SSSR count). The van der Waals surface area contributed by atoms with Gasteiger partial charge < -0.3 is 19.6 Å². The van der Waals surface area contributed by atoms with Crippen LogP contribution in [0.4, 0.5) is 5.69 Å². The third kappa shape index (κ3) is 5.38. The van der Waals surface area contributed by atoms with E-state index < -0.39 is 0 Å². The molecule has 8 heteroatoms. The minimum atomic E-state index is -0.288. The molecule has 1 aromatic carbocycles. The van der Waals surface area contributed by atoms with Gasteiger partial charge in [0, 0.05) is 76.3 Å². The number of ether oxygens (including phenoxy) is 1. The Morgan fingerprint density at radius 3 is 2.37 bits per heavy atom. The van der Waals surface area contributed by atoms with E-state index >= 15 is 0 Å².